The van der Waals surface area contributed by atoms with Crippen molar-refractivity contribution in [3.05, 3.63) is 48.5 Å². The zero-order chi connectivity index (χ0) is 13.6. The molecule has 4 nitrogen and oxygen atoms in total. The Morgan fingerprint density at radius 2 is 2.40 bits per heavy atom. The van der Waals surface area contributed by atoms with Gasteiger partial charge in [-0.15, -0.1) is 0 Å². The molecule has 1 aliphatic rings. The van der Waals surface area contributed by atoms with Gasteiger partial charge in [-0.1, -0.05) is 12.1 Å². The summed E-state index contributed by atoms with van der Waals surface area (Å²) >= 11 is 0. The first-order chi connectivity index (χ1) is 9.90. The van der Waals surface area contributed by atoms with E-state index in [0.717, 1.165) is 26.3 Å². The first kappa shape index (κ1) is 13.2. The molecule has 1 N–H and O–H groups in total. The van der Waals surface area contributed by atoms with Gasteiger partial charge in [0.1, 0.15) is 0 Å². The lowest BCUT2D eigenvalue weighted by atomic mass is 10.0. The topological polar surface area (TPSA) is 39.1 Å². The van der Waals surface area contributed by atoms with E-state index in [-0.39, 0.29) is 0 Å². The molecule has 0 radical (unpaired) electrons. The van der Waals surface area contributed by atoms with Gasteiger partial charge in [-0.05, 0) is 36.5 Å². The van der Waals surface area contributed by atoms with Gasteiger partial charge in [0.05, 0.1) is 12.9 Å². The molecule has 4 heteroatoms. The van der Waals surface area contributed by atoms with E-state index >= 15 is 0 Å². The number of imidazole rings is 1. The van der Waals surface area contributed by atoms with Crippen molar-refractivity contribution in [2.75, 3.05) is 25.1 Å². The molecule has 1 saturated heterocycles. The molecule has 1 aromatic heterocycles. The Hall–Kier alpha value is -1.81. The minimum atomic E-state index is 0.640. The maximum atomic E-state index is 5.51. The van der Waals surface area contributed by atoms with Crippen LogP contribution in [0.4, 0.5) is 5.69 Å². The minimum Gasteiger partial charge on any atom is -0.385 e. The van der Waals surface area contributed by atoms with Crippen molar-refractivity contribution in [1.29, 1.82) is 0 Å². The number of nitrogens with one attached hydrogen (secondary N) is 1. The summed E-state index contributed by atoms with van der Waals surface area (Å²) in [5.74, 6) is 0.640. The van der Waals surface area contributed by atoms with Crippen LogP contribution in [-0.2, 0) is 11.3 Å². The Morgan fingerprint density at radius 3 is 3.20 bits per heavy atom. The van der Waals surface area contributed by atoms with Crippen LogP contribution >= 0.6 is 0 Å². The Morgan fingerprint density at radius 1 is 1.40 bits per heavy atom. The molecule has 1 aromatic carbocycles. The summed E-state index contributed by atoms with van der Waals surface area (Å²) in [6, 6.07) is 8.59. The molecule has 0 spiro atoms. The average molecular weight is 271 g/mol. The molecule has 1 unspecified atom stereocenters. The summed E-state index contributed by atoms with van der Waals surface area (Å²) in [5.41, 5.74) is 2.47. The smallest absolute Gasteiger partial charge is 0.0949 e. The Bertz CT molecular complexity index is 518. The molecular formula is C16H21N3O. The molecule has 0 saturated carbocycles. The molecular weight excluding hydrogens is 250 g/mol. The van der Waals surface area contributed by atoms with Gasteiger partial charge in [0.15, 0.2) is 0 Å². The van der Waals surface area contributed by atoms with Gasteiger partial charge < -0.3 is 14.6 Å². The van der Waals surface area contributed by atoms with Crippen molar-refractivity contribution in [3.63, 3.8) is 0 Å². The van der Waals surface area contributed by atoms with E-state index < -0.39 is 0 Å². The lowest BCUT2D eigenvalue weighted by Gasteiger charge is -2.22. The zero-order valence-electron chi connectivity index (χ0n) is 11.7. The molecule has 0 aliphatic carbocycles. The van der Waals surface area contributed by atoms with Crippen LogP contribution in [0.15, 0.2) is 43.0 Å². The molecule has 0 amide bonds. The van der Waals surface area contributed by atoms with Crippen LogP contribution in [0.3, 0.4) is 0 Å². The average Bonchev–Trinajstić information content (AvgIpc) is 3.00. The summed E-state index contributed by atoms with van der Waals surface area (Å²) in [7, 11) is 0. The van der Waals surface area contributed by atoms with Crippen LogP contribution in [-0.4, -0.2) is 29.3 Å². The summed E-state index contributed by atoms with van der Waals surface area (Å²) in [4.78, 5) is 4.07. The molecule has 2 heterocycles. The Kier molecular flexibility index (Phi) is 4.33. The monoisotopic (exact) mass is 271 g/mol. The number of anilines is 1. The lowest BCUT2D eigenvalue weighted by molar-refractivity contribution is 0.0595. The highest BCUT2D eigenvalue weighted by Crippen LogP contribution is 2.16. The zero-order valence-corrected chi connectivity index (χ0v) is 11.7. The van der Waals surface area contributed by atoms with Gasteiger partial charge in [-0.25, -0.2) is 4.98 Å². The number of benzene rings is 1. The number of nitrogens with zero attached hydrogens (tertiary/aromatic N) is 2. The number of hydrogen-bond acceptors (Lipinski definition) is 3. The highest BCUT2D eigenvalue weighted by atomic mass is 16.5. The van der Waals surface area contributed by atoms with Gasteiger partial charge in [0.25, 0.3) is 0 Å². The molecule has 106 valence electrons. The quantitative estimate of drug-likeness (QED) is 0.909. The van der Waals surface area contributed by atoms with Gasteiger partial charge in [0, 0.05) is 37.8 Å². The number of rotatable bonds is 5. The minimum absolute atomic E-state index is 0.640. The van der Waals surface area contributed by atoms with E-state index in [1.807, 2.05) is 18.7 Å². The van der Waals surface area contributed by atoms with Crippen LogP contribution in [0.1, 0.15) is 18.4 Å². The second kappa shape index (κ2) is 6.57. The second-order valence-electron chi connectivity index (χ2n) is 5.40. The standard InChI is InChI=1S/C16H21N3O/c1-3-14(11-19-7-6-17-13-19)9-16(5-1)18-10-15-4-2-8-20-12-15/h1,3,5-7,9,13,15,18H,2,4,8,10-12H2. The largest absolute Gasteiger partial charge is 0.385 e. The van der Waals surface area contributed by atoms with Crippen LogP contribution in [0, 0.1) is 5.92 Å². The fourth-order valence-corrected chi connectivity index (χ4v) is 2.60. The molecule has 20 heavy (non-hydrogen) atoms. The van der Waals surface area contributed by atoms with Gasteiger partial charge in [0.2, 0.25) is 0 Å². The summed E-state index contributed by atoms with van der Waals surface area (Å²) < 4.78 is 7.59. The highest BCUT2D eigenvalue weighted by molar-refractivity contribution is 5.45. The first-order valence-electron chi connectivity index (χ1n) is 7.26. The predicted octanol–water partition coefficient (Wildman–Crippen LogP) is 2.77. The second-order valence-corrected chi connectivity index (χ2v) is 5.40. The fraction of sp³-hybridized carbons (Fsp3) is 0.438. The number of aromatic nitrogens is 2. The SMILES string of the molecule is c1cc(Cn2ccnc2)cc(NCC2CCCOC2)c1. The van der Waals surface area contributed by atoms with E-state index in [1.54, 1.807) is 0 Å². The van der Waals surface area contributed by atoms with Crippen molar-refractivity contribution < 1.29 is 4.74 Å². The maximum absolute atomic E-state index is 5.51. The van der Waals surface area contributed by atoms with E-state index in [4.69, 9.17) is 4.74 Å². The first-order valence-corrected chi connectivity index (χ1v) is 7.26. The van der Waals surface area contributed by atoms with E-state index in [9.17, 15) is 0 Å². The Balaban J connectivity index is 1.56. The van der Waals surface area contributed by atoms with Crippen molar-refractivity contribution >= 4 is 5.69 Å². The third-order valence-corrected chi connectivity index (χ3v) is 3.70. The predicted molar refractivity (Wildman–Crippen MR) is 79.8 cm³/mol. The number of ether oxygens (including phenoxy) is 1. The normalized spacial score (nSPS) is 18.9. The van der Waals surface area contributed by atoms with Gasteiger partial charge in [-0.2, -0.15) is 0 Å². The van der Waals surface area contributed by atoms with Crippen molar-refractivity contribution in [1.82, 2.24) is 9.55 Å². The number of hydrogen-bond donors (Lipinski definition) is 1. The third kappa shape index (κ3) is 3.61. The molecule has 3 rings (SSSR count). The molecule has 1 fully saturated rings. The lowest BCUT2D eigenvalue weighted by Crippen LogP contribution is -2.24. The Labute approximate surface area is 119 Å². The van der Waals surface area contributed by atoms with Crippen molar-refractivity contribution in [2.45, 2.75) is 19.4 Å². The van der Waals surface area contributed by atoms with Gasteiger partial charge >= 0.3 is 0 Å². The van der Waals surface area contributed by atoms with Crippen LogP contribution < -0.4 is 5.32 Å². The van der Waals surface area contributed by atoms with E-state index in [2.05, 4.69) is 39.1 Å². The molecule has 0 bridgehead atoms. The fourth-order valence-electron chi connectivity index (χ4n) is 2.60. The van der Waals surface area contributed by atoms with Gasteiger partial charge in [-0.3, -0.25) is 0 Å². The highest BCUT2D eigenvalue weighted by Gasteiger charge is 2.13. The van der Waals surface area contributed by atoms with Crippen molar-refractivity contribution in [3.8, 4) is 0 Å². The summed E-state index contributed by atoms with van der Waals surface area (Å²) in [6.45, 7) is 3.68. The summed E-state index contributed by atoms with van der Waals surface area (Å²) in [6.07, 6.45) is 8.10. The van der Waals surface area contributed by atoms with E-state index in [0.29, 0.717) is 5.92 Å². The van der Waals surface area contributed by atoms with Crippen LogP contribution in [0.5, 0.6) is 0 Å². The summed E-state index contributed by atoms with van der Waals surface area (Å²) in [5, 5.41) is 3.53. The maximum Gasteiger partial charge on any atom is 0.0949 e. The molecule has 2 aromatic rings. The van der Waals surface area contributed by atoms with Crippen LogP contribution in [0.25, 0.3) is 0 Å². The third-order valence-electron chi connectivity index (χ3n) is 3.70. The molecule has 1 atom stereocenters. The van der Waals surface area contributed by atoms with E-state index in [1.165, 1.54) is 24.1 Å². The van der Waals surface area contributed by atoms with Crippen LogP contribution in [0.2, 0.25) is 0 Å². The van der Waals surface area contributed by atoms with Crippen molar-refractivity contribution in [2.24, 2.45) is 5.92 Å². The molecule has 1 aliphatic heterocycles.